The van der Waals surface area contributed by atoms with Crippen LogP contribution in [0.2, 0.25) is 5.02 Å². The zero-order chi connectivity index (χ0) is 18.2. The van der Waals surface area contributed by atoms with Crippen LogP contribution in [-0.4, -0.2) is 12.6 Å². The SMILES string of the molecule is C#CCOC(=O)/C=C/c1cc(Cl)c(OCc2cccc(F)c2)c(Br)c1. The zero-order valence-corrected chi connectivity index (χ0v) is 15.3. The molecule has 0 unspecified atom stereocenters. The van der Waals surface area contributed by atoms with Gasteiger partial charge in [0.2, 0.25) is 0 Å². The molecule has 2 rings (SSSR count). The van der Waals surface area contributed by atoms with E-state index in [0.717, 1.165) is 0 Å². The molecule has 0 aliphatic rings. The first-order chi connectivity index (χ1) is 12.0. The fourth-order valence-corrected chi connectivity index (χ4v) is 2.91. The van der Waals surface area contributed by atoms with Gasteiger partial charge in [-0.15, -0.1) is 6.42 Å². The summed E-state index contributed by atoms with van der Waals surface area (Å²) in [4.78, 5) is 11.4. The van der Waals surface area contributed by atoms with E-state index in [1.54, 1.807) is 30.3 Å². The van der Waals surface area contributed by atoms with Gasteiger partial charge in [-0.05, 0) is 57.4 Å². The fraction of sp³-hybridized carbons (Fsp3) is 0.105. The van der Waals surface area contributed by atoms with E-state index < -0.39 is 5.97 Å². The van der Waals surface area contributed by atoms with E-state index >= 15 is 0 Å². The number of halogens is 3. The molecule has 0 aliphatic heterocycles. The highest BCUT2D eigenvalue weighted by atomic mass is 79.9. The van der Waals surface area contributed by atoms with Gasteiger partial charge in [-0.2, -0.15) is 0 Å². The molecule has 0 atom stereocenters. The second-order valence-corrected chi connectivity index (χ2v) is 6.14. The van der Waals surface area contributed by atoms with Crippen molar-refractivity contribution in [2.24, 2.45) is 0 Å². The van der Waals surface area contributed by atoms with Crippen LogP contribution in [0.4, 0.5) is 4.39 Å². The number of esters is 1. The Morgan fingerprint density at radius 2 is 2.16 bits per heavy atom. The molecule has 0 radical (unpaired) electrons. The van der Waals surface area contributed by atoms with Gasteiger partial charge in [0.1, 0.15) is 12.4 Å². The predicted octanol–water partition coefficient (Wildman–Crippen LogP) is 5.01. The topological polar surface area (TPSA) is 35.5 Å². The number of rotatable bonds is 6. The minimum Gasteiger partial charge on any atom is -0.486 e. The van der Waals surface area contributed by atoms with Crippen molar-refractivity contribution in [2.45, 2.75) is 6.61 Å². The molecule has 0 heterocycles. The molecule has 0 fully saturated rings. The molecule has 0 spiro atoms. The molecule has 0 saturated heterocycles. The first-order valence-corrected chi connectivity index (χ1v) is 8.31. The Morgan fingerprint density at radius 1 is 1.36 bits per heavy atom. The third kappa shape index (κ3) is 5.93. The van der Waals surface area contributed by atoms with E-state index in [0.29, 0.717) is 26.4 Å². The van der Waals surface area contributed by atoms with Gasteiger partial charge in [0.25, 0.3) is 0 Å². The van der Waals surface area contributed by atoms with E-state index in [4.69, 9.17) is 27.5 Å². The van der Waals surface area contributed by atoms with E-state index in [1.165, 1.54) is 18.2 Å². The third-order valence-electron chi connectivity index (χ3n) is 3.00. The van der Waals surface area contributed by atoms with Crippen molar-refractivity contribution < 1.29 is 18.7 Å². The number of benzene rings is 2. The molecule has 0 N–H and O–H groups in total. The summed E-state index contributed by atoms with van der Waals surface area (Å²) >= 11 is 9.60. The summed E-state index contributed by atoms with van der Waals surface area (Å²) in [6, 6.07) is 9.49. The maximum atomic E-state index is 13.2. The molecule has 0 aromatic heterocycles. The first kappa shape index (κ1) is 19.0. The summed E-state index contributed by atoms with van der Waals surface area (Å²) < 4.78 is 24.2. The second-order valence-electron chi connectivity index (χ2n) is 4.88. The van der Waals surface area contributed by atoms with Gasteiger partial charge in [0.05, 0.1) is 9.50 Å². The number of hydrogen-bond acceptors (Lipinski definition) is 3. The Morgan fingerprint density at radius 3 is 2.84 bits per heavy atom. The Kier molecular flexibility index (Phi) is 7.05. The summed E-state index contributed by atoms with van der Waals surface area (Å²) in [6.45, 7) is 0.0875. The van der Waals surface area contributed by atoms with E-state index in [1.807, 2.05) is 0 Å². The van der Waals surface area contributed by atoms with Crippen LogP contribution < -0.4 is 4.74 Å². The largest absolute Gasteiger partial charge is 0.486 e. The van der Waals surface area contributed by atoms with Crippen molar-refractivity contribution in [1.82, 2.24) is 0 Å². The molecule has 3 nitrogen and oxygen atoms in total. The quantitative estimate of drug-likeness (QED) is 0.372. The van der Waals surface area contributed by atoms with Gasteiger partial charge >= 0.3 is 5.97 Å². The van der Waals surface area contributed by atoms with E-state index in [-0.39, 0.29) is 19.0 Å². The van der Waals surface area contributed by atoms with Gasteiger partial charge in [-0.3, -0.25) is 0 Å². The van der Waals surface area contributed by atoms with Crippen LogP contribution in [-0.2, 0) is 16.1 Å². The molecule has 25 heavy (non-hydrogen) atoms. The average molecular weight is 424 g/mol. The number of carbonyl (C=O) groups excluding carboxylic acids is 1. The molecule has 128 valence electrons. The zero-order valence-electron chi connectivity index (χ0n) is 13.0. The lowest BCUT2D eigenvalue weighted by Crippen LogP contribution is -2.00. The van der Waals surface area contributed by atoms with Crippen LogP contribution in [0.5, 0.6) is 5.75 Å². The van der Waals surface area contributed by atoms with Gasteiger partial charge in [0, 0.05) is 6.08 Å². The lowest BCUT2D eigenvalue weighted by molar-refractivity contribution is -0.136. The highest BCUT2D eigenvalue weighted by Gasteiger charge is 2.09. The summed E-state index contributed by atoms with van der Waals surface area (Å²) in [6.07, 6.45) is 7.81. The Hall–Kier alpha value is -2.29. The summed E-state index contributed by atoms with van der Waals surface area (Å²) in [5.41, 5.74) is 1.36. The summed E-state index contributed by atoms with van der Waals surface area (Å²) in [5.74, 6) is 1.76. The van der Waals surface area contributed by atoms with Crippen LogP contribution in [0.3, 0.4) is 0 Å². The number of ether oxygens (including phenoxy) is 2. The van der Waals surface area contributed by atoms with Crippen molar-refractivity contribution in [1.29, 1.82) is 0 Å². The van der Waals surface area contributed by atoms with Crippen molar-refractivity contribution in [3.8, 4) is 18.1 Å². The summed E-state index contributed by atoms with van der Waals surface area (Å²) in [7, 11) is 0. The lowest BCUT2D eigenvalue weighted by atomic mass is 10.2. The maximum Gasteiger partial charge on any atom is 0.331 e. The van der Waals surface area contributed by atoms with Crippen molar-refractivity contribution in [3.05, 3.63) is 68.9 Å². The minimum absolute atomic E-state index is 0.0829. The molecule has 2 aromatic rings. The summed E-state index contributed by atoms with van der Waals surface area (Å²) in [5, 5.41) is 0.349. The smallest absolute Gasteiger partial charge is 0.331 e. The van der Waals surface area contributed by atoms with E-state index in [9.17, 15) is 9.18 Å². The molecule has 0 saturated carbocycles. The molecular formula is C19H13BrClFO3. The molecule has 6 heteroatoms. The normalized spacial score (nSPS) is 10.5. The molecule has 0 bridgehead atoms. The van der Waals surface area contributed by atoms with Crippen LogP contribution in [0.15, 0.2) is 46.9 Å². The van der Waals surface area contributed by atoms with Crippen molar-refractivity contribution in [2.75, 3.05) is 6.61 Å². The number of carbonyl (C=O) groups is 1. The average Bonchev–Trinajstić information content (AvgIpc) is 2.57. The molecule has 2 aromatic carbocycles. The lowest BCUT2D eigenvalue weighted by Gasteiger charge is -2.11. The first-order valence-electron chi connectivity index (χ1n) is 7.14. The molecular weight excluding hydrogens is 411 g/mol. The van der Waals surface area contributed by atoms with E-state index in [2.05, 4.69) is 21.9 Å². The van der Waals surface area contributed by atoms with Gasteiger partial charge in [0.15, 0.2) is 12.4 Å². The van der Waals surface area contributed by atoms with Crippen LogP contribution in [0.1, 0.15) is 11.1 Å². The van der Waals surface area contributed by atoms with Crippen LogP contribution in [0.25, 0.3) is 6.08 Å². The highest BCUT2D eigenvalue weighted by Crippen LogP contribution is 2.35. The van der Waals surface area contributed by atoms with Crippen molar-refractivity contribution >= 4 is 39.6 Å². The second kappa shape index (κ2) is 9.26. The predicted molar refractivity (Wildman–Crippen MR) is 98.7 cm³/mol. The standard InChI is InChI=1S/C19H13BrClFO3/c1-2-8-24-18(23)7-6-13-10-16(20)19(17(21)11-13)25-12-14-4-3-5-15(22)9-14/h1,3-7,9-11H,8,12H2/b7-6+. The third-order valence-corrected chi connectivity index (χ3v) is 3.87. The Balaban J connectivity index is 2.08. The van der Waals surface area contributed by atoms with Gasteiger partial charge < -0.3 is 9.47 Å². The maximum absolute atomic E-state index is 13.2. The van der Waals surface area contributed by atoms with Gasteiger partial charge in [-0.25, -0.2) is 9.18 Å². The van der Waals surface area contributed by atoms with Crippen molar-refractivity contribution in [3.63, 3.8) is 0 Å². The number of hydrogen-bond donors (Lipinski definition) is 0. The fourth-order valence-electron chi connectivity index (χ4n) is 1.92. The monoisotopic (exact) mass is 422 g/mol. The van der Waals surface area contributed by atoms with Crippen LogP contribution >= 0.6 is 27.5 Å². The van der Waals surface area contributed by atoms with Crippen LogP contribution in [0, 0.1) is 18.2 Å². The Labute approximate surface area is 158 Å². The van der Waals surface area contributed by atoms with Gasteiger partial charge in [-0.1, -0.05) is 29.7 Å². The minimum atomic E-state index is -0.545. The number of terminal acetylenes is 1. The Bertz CT molecular complexity index is 820. The molecule has 0 aliphatic carbocycles. The highest BCUT2D eigenvalue weighted by molar-refractivity contribution is 9.10. The molecule has 0 amide bonds.